The Balaban J connectivity index is 1.42. The van der Waals surface area contributed by atoms with Gasteiger partial charge in [-0.05, 0) is 49.6 Å². The van der Waals surface area contributed by atoms with Gasteiger partial charge in [-0.2, -0.15) is 18.3 Å². The first-order valence-electron chi connectivity index (χ1n) is 11.1. The number of aromatic amines is 1. The lowest BCUT2D eigenvalue weighted by molar-refractivity contribution is -0.138. The number of fused-ring (bicyclic) bond motifs is 1. The normalized spacial score (nSPS) is 18.4. The van der Waals surface area contributed by atoms with Crippen molar-refractivity contribution >= 4 is 16.9 Å². The van der Waals surface area contributed by atoms with Crippen molar-refractivity contribution in [1.82, 2.24) is 25.5 Å². The van der Waals surface area contributed by atoms with Crippen molar-refractivity contribution in [2.45, 2.75) is 44.3 Å². The molecule has 1 fully saturated rings. The Hall–Kier alpha value is -3.75. The second kappa shape index (κ2) is 8.55. The minimum Gasteiger partial charge on any atom is -0.349 e. The van der Waals surface area contributed by atoms with Gasteiger partial charge in [0, 0.05) is 41.0 Å². The Bertz CT molecular complexity index is 1360. The van der Waals surface area contributed by atoms with E-state index in [0.29, 0.717) is 35.1 Å². The topological polar surface area (TPSA) is 83.6 Å². The summed E-state index contributed by atoms with van der Waals surface area (Å²) in [6.07, 6.45) is 0.644. The van der Waals surface area contributed by atoms with E-state index in [1.807, 2.05) is 19.1 Å². The SMILES string of the molecule is Cc1cc(-c2n[nH]c3ncc(C(=O)N[C@H]4CCC[C@@H]4c4ccccc4C(F)(F)F)cc23)ccn1. The van der Waals surface area contributed by atoms with Crippen molar-refractivity contribution in [2.24, 2.45) is 0 Å². The smallest absolute Gasteiger partial charge is 0.349 e. The molecule has 1 aromatic carbocycles. The van der Waals surface area contributed by atoms with E-state index in [-0.39, 0.29) is 11.5 Å². The zero-order valence-electron chi connectivity index (χ0n) is 18.4. The molecule has 0 spiro atoms. The van der Waals surface area contributed by atoms with Crippen LogP contribution in [0.5, 0.6) is 0 Å². The van der Waals surface area contributed by atoms with Crippen LogP contribution in [0, 0.1) is 6.92 Å². The molecule has 1 amide bonds. The predicted molar refractivity (Wildman–Crippen MR) is 121 cm³/mol. The van der Waals surface area contributed by atoms with Gasteiger partial charge in [0.2, 0.25) is 0 Å². The highest BCUT2D eigenvalue weighted by molar-refractivity contribution is 6.00. The van der Waals surface area contributed by atoms with Gasteiger partial charge < -0.3 is 5.32 Å². The van der Waals surface area contributed by atoms with E-state index in [0.717, 1.165) is 23.7 Å². The number of amides is 1. The van der Waals surface area contributed by atoms with Crippen LogP contribution in [0.1, 0.15) is 52.4 Å². The van der Waals surface area contributed by atoms with E-state index >= 15 is 0 Å². The lowest BCUT2D eigenvalue weighted by Gasteiger charge is -2.24. The summed E-state index contributed by atoms with van der Waals surface area (Å²) >= 11 is 0. The molecule has 3 aromatic heterocycles. The van der Waals surface area contributed by atoms with Gasteiger partial charge in [-0.1, -0.05) is 24.6 Å². The molecule has 174 valence electrons. The van der Waals surface area contributed by atoms with Crippen molar-refractivity contribution in [2.75, 3.05) is 0 Å². The number of nitrogens with one attached hydrogen (secondary N) is 2. The average molecular weight is 465 g/mol. The summed E-state index contributed by atoms with van der Waals surface area (Å²) in [6, 6.07) is 10.7. The summed E-state index contributed by atoms with van der Waals surface area (Å²) < 4.78 is 40.7. The molecular formula is C25H22F3N5O. The molecule has 9 heteroatoms. The molecule has 6 nitrogen and oxygen atoms in total. The van der Waals surface area contributed by atoms with Crippen LogP contribution in [0.2, 0.25) is 0 Å². The van der Waals surface area contributed by atoms with E-state index in [1.54, 1.807) is 18.3 Å². The first-order valence-corrected chi connectivity index (χ1v) is 11.1. The number of rotatable bonds is 4. The van der Waals surface area contributed by atoms with Gasteiger partial charge in [-0.25, -0.2) is 4.98 Å². The molecule has 2 atom stereocenters. The number of alkyl halides is 3. The number of aryl methyl sites for hydroxylation is 1. The van der Waals surface area contributed by atoms with Gasteiger partial charge >= 0.3 is 6.18 Å². The van der Waals surface area contributed by atoms with Crippen molar-refractivity contribution in [3.05, 3.63) is 77.2 Å². The number of aromatic nitrogens is 4. The van der Waals surface area contributed by atoms with Gasteiger partial charge in [0.1, 0.15) is 5.69 Å². The quantitative estimate of drug-likeness (QED) is 0.422. The molecule has 0 unspecified atom stereocenters. The fourth-order valence-corrected chi connectivity index (χ4v) is 4.78. The lowest BCUT2D eigenvalue weighted by atomic mass is 9.89. The highest BCUT2D eigenvalue weighted by Crippen LogP contribution is 2.41. The summed E-state index contributed by atoms with van der Waals surface area (Å²) in [5, 5.41) is 10.9. The Kier molecular flexibility index (Phi) is 5.55. The molecule has 34 heavy (non-hydrogen) atoms. The van der Waals surface area contributed by atoms with Crippen LogP contribution in [0.25, 0.3) is 22.3 Å². The third-order valence-corrected chi connectivity index (χ3v) is 6.35. The number of carbonyl (C=O) groups excluding carboxylic acids is 1. The van der Waals surface area contributed by atoms with E-state index in [4.69, 9.17) is 0 Å². The second-order valence-electron chi connectivity index (χ2n) is 8.58. The summed E-state index contributed by atoms with van der Waals surface area (Å²) in [4.78, 5) is 21.6. The summed E-state index contributed by atoms with van der Waals surface area (Å²) in [5.74, 6) is -0.767. The molecule has 0 radical (unpaired) electrons. The van der Waals surface area contributed by atoms with Crippen molar-refractivity contribution in [3.63, 3.8) is 0 Å². The minimum absolute atomic E-state index is 0.233. The van der Waals surface area contributed by atoms with E-state index in [1.165, 1.54) is 18.3 Å². The predicted octanol–water partition coefficient (Wildman–Crippen LogP) is 5.41. The standard InChI is InChI=1S/C25H22F3N5O/c1-14-11-15(9-10-29-14)22-19-12-16(13-30-23(19)33-32-22)24(34)31-21-8-4-6-18(21)17-5-2-3-7-20(17)25(26,27)28/h2-3,5,7,9-13,18,21H,4,6,8H2,1H3,(H,31,34)(H,30,32,33)/t18-,21+/m1/s1. The summed E-state index contributed by atoms with van der Waals surface area (Å²) in [7, 11) is 0. The maximum Gasteiger partial charge on any atom is 0.416 e. The van der Waals surface area contributed by atoms with Gasteiger partial charge in [0.05, 0.1) is 11.1 Å². The number of benzene rings is 1. The number of nitrogens with zero attached hydrogens (tertiary/aromatic N) is 3. The molecule has 1 aliphatic carbocycles. The maximum absolute atomic E-state index is 13.6. The molecule has 2 N–H and O–H groups in total. The fraction of sp³-hybridized carbons (Fsp3) is 0.280. The zero-order chi connectivity index (χ0) is 23.9. The number of carbonyl (C=O) groups is 1. The Morgan fingerprint density at radius 1 is 1.12 bits per heavy atom. The maximum atomic E-state index is 13.6. The van der Waals surface area contributed by atoms with Gasteiger partial charge in [0.15, 0.2) is 5.65 Å². The molecule has 1 saturated carbocycles. The van der Waals surface area contributed by atoms with Crippen LogP contribution in [0.3, 0.4) is 0 Å². The van der Waals surface area contributed by atoms with Crippen LogP contribution in [0.4, 0.5) is 13.2 Å². The fourth-order valence-electron chi connectivity index (χ4n) is 4.78. The minimum atomic E-state index is -4.44. The number of halogens is 3. The Morgan fingerprint density at radius 3 is 2.74 bits per heavy atom. The van der Waals surface area contributed by atoms with Crippen LogP contribution >= 0.6 is 0 Å². The van der Waals surface area contributed by atoms with Crippen LogP contribution in [-0.4, -0.2) is 32.1 Å². The lowest BCUT2D eigenvalue weighted by Crippen LogP contribution is -2.37. The molecular weight excluding hydrogens is 443 g/mol. The van der Waals surface area contributed by atoms with Gasteiger partial charge in [-0.3, -0.25) is 14.9 Å². The van der Waals surface area contributed by atoms with Gasteiger partial charge in [0.25, 0.3) is 5.91 Å². The Labute approximate surface area is 193 Å². The second-order valence-corrected chi connectivity index (χ2v) is 8.58. The van der Waals surface area contributed by atoms with Crippen LogP contribution < -0.4 is 5.32 Å². The number of hydrogen-bond acceptors (Lipinski definition) is 4. The monoisotopic (exact) mass is 465 g/mol. The van der Waals surface area contributed by atoms with Crippen molar-refractivity contribution < 1.29 is 18.0 Å². The molecule has 0 bridgehead atoms. The molecule has 3 heterocycles. The summed E-state index contributed by atoms with van der Waals surface area (Å²) in [6.45, 7) is 1.88. The van der Waals surface area contributed by atoms with E-state index < -0.39 is 23.7 Å². The largest absolute Gasteiger partial charge is 0.416 e. The molecule has 5 rings (SSSR count). The zero-order valence-corrected chi connectivity index (χ0v) is 18.4. The highest BCUT2D eigenvalue weighted by atomic mass is 19.4. The Morgan fingerprint density at radius 2 is 1.94 bits per heavy atom. The van der Waals surface area contributed by atoms with Crippen molar-refractivity contribution in [1.29, 1.82) is 0 Å². The first kappa shape index (κ1) is 22.1. The van der Waals surface area contributed by atoms with Crippen LogP contribution in [0.15, 0.2) is 54.9 Å². The highest BCUT2D eigenvalue weighted by Gasteiger charge is 2.39. The van der Waals surface area contributed by atoms with E-state index in [9.17, 15) is 18.0 Å². The molecule has 0 saturated heterocycles. The number of hydrogen-bond donors (Lipinski definition) is 2. The van der Waals surface area contributed by atoms with Gasteiger partial charge in [-0.15, -0.1) is 0 Å². The average Bonchev–Trinajstić information content (AvgIpc) is 3.45. The number of H-pyrrole nitrogens is 1. The molecule has 0 aliphatic heterocycles. The number of pyridine rings is 2. The molecule has 1 aliphatic rings. The third kappa shape index (κ3) is 4.13. The van der Waals surface area contributed by atoms with Crippen LogP contribution in [-0.2, 0) is 6.18 Å². The first-order chi connectivity index (χ1) is 16.3. The third-order valence-electron chi connectivity index (χ3n) is 6.35. The van der Waals surface area contributed by atoms with Crippen molar-refractivity contribution in [3.8, 4) is 11.3 Å². The molecule has 4 aromatic rings. The van der Waals surface area contributed by atoms with E-state index in [2.05, 4.69) is 25.5 Å². The summed E-state index contributed by atoms with van der Waals surface area (Å²) in [5.41, 5.74) is 2.80.